The summed E-state index contributed by atoms with van der Waals surface area (Å²) < 4.78 is 21.6. The minimum atomic E-state index is -1.09. The molecule has 0 radical (unpaired) electrons. The van der Waals surface area contributed by atoms with Gasteiger partial charge >= 0.3 is 6.16 Å². The van der Waals surface area contributed by atoms with Gasteiger partial charge in [-0.05, 0) is 31.0 Å². The van der Waals surface area contributed by atoms with Gasteiger partial charge in [0, 0.05) is 35.7 Å². The molecule has 0 amide bonds. The van der Waals surface area contributed by atoms with E-state index in [1.165, 1.54) is 42.5 Å². The lowest BCUT2D eigenvalue weighted by molar-refractivity contribution is -0.385. The van der Waals surface area contributed by atoms with Crippen LogP contribution in [-0.4, -0.2) is 28.9 Å². The molecule has 3 atom stereocenters. The number of nitro benzene ring substituents is 2. The van der Waals surface area contributed by atoms with Crippen molar-refractivity contribution in [2.24, 2.45) is 5.92 Å². The van der Waals surface area contributed by atoms with Crippen LogP contribution < -0.4 is 9.47 Å². The summed E-state index contributed by atoms with van der Waals surface area (Å²) in [5, 5.41) is 21.9. The van der Waals surface area contributed by atoms with E-state index in [0.29, 0.717) is 18.6 Å². The van der Waals surface area contributed by atoms with E-state index in [0.717, 1.165) is 6.42 Å². The Kier molecular flexibility index (Phi) is 5.29. The summed E-state index contributed by atoms with van der Waals surface area (Å²) in [6.07, 6.45) is -0.585. The molecule has 2 heterocycles. The molecule has 2 aliphatic rings. The van der Waals surface area contributed by atoms with Crippen LogP contribution in [0.15, 0.2) is 42.5 Å². The Bertz CT molecular complexity index is 980. The van der Waals surface area contributed by atoms with Crippen molar-refractivity contribution in [3.63, 3.8) is 0 Å². The largest absolute Gasteiger partial charge is 0.519 e. The predicted molar refractivity (Wildman–Crippen MR) is 99.1 cm³/mol. The molecule has 11 heteroatoms. The Morgan fingerprint density at radius 1 is 1.00 bits per heavy atom. The Morgan fingerprint density at radius 2 is 1.70 bits per heavy atom. The van der Waals surface area contributed by atoms with Crippen molar-refractivity contribution in [1.29, 1.82) is 0 Å². The number of hydrogen-bond donors (Lipinski definition) is 0. The second kappa shape index (κ2) is 8.05. The zero-order chi connectivity index (χ0) is 21.3. The second-order valence-electron chi connectivity index (χ2n) is 6.83. The molecule has 0 aliphatic carbocycles. The van der Waals surface area contributed by atoms with Crippen LogP contribution in [0.1, 0.15) is 24.5 Å². The fraction of sp³-hybridized carbons (Fsp3) is 0.316. The van der Waals surface area contributed by atoms with Gasteiger partial charge in [-0.15, -0.1) is 0 Å². The molecule has 0 N–H and O–H groups in total. The first kappa shape index (κ1) is 19.7. The molecule has 11 nitrogen and oxygen atoms in total. The molecule has 2 aromatic carbocycles. The smallest absolute Gasteiger partial charge is 0.395 e. The molecular weight excluding hydrogens is 400 g/mol. The van der Waals surface area contributed by atoms with Gasteiger partial charge in [0.1, 0.15) is 11.5 Å². The van der Waals surface area contributed by atoms with Crippen molar-refractivity contribution in [2.75, 3.05) is 6.61 Å². The van der Waals surface area contributed by atoms with Gasteiger partial charge in [0.15, 0.2) is 6.29 Å². The van der Waals surface area contributed by atoms with Crippen LogP contribution in [0.25, 0.3) is 0 Å². The van der Waals surface area contributed by atoms with E-state index < -0.39 is 22.1 Å². The van der Waals surface area contributed by atoms with E-state index in [2.05, 4.69) is 0 Å². The average Bonchev–Trinajstić information content (AvgIpc) is 3.30. The van der Waals surface area contributed by atoms with Crippen molar-refractivity contribution in [3.8, 4) is 11.5 Å². The van der Waals surface area contributed by atoms with Crippen LogP contribution in [-0.2, 0) is 9.47 Å². The number of nitro groups is 2. The monoisotopic (exact) mass is 416 g/mol. The van der Waals surface area contributed by atoms with Crippen molar-refractivity contribution < 1.29 is 33.6 Å². The molecule has 2 saturated heterocycles. The number of fused-ring (bicyclic) bond motifs is 1. The van der Waals surface area contributed by atoms with E-state index in [-0.39, 0.29) is 35.1 Å². The number of ether oxygens (including phenoxy) is 4. The Hall–Kier alpha value is -3.57. The molecule has 0 bridgehead atoms. The Balaban J connectivity index is 1.52. The van der Waals surface area contributed by atoms with Crippen LogP contribution in [0.2, 0.25) is 0 Å². The summed E-state index contributed by atoms with van der Waals surface area (Å²) in [6.45, 7) is 0.599. The highest BCUT2D eigenvalue weighted by Gasteiger charge is 2.41. The van der Waals surface area contributed by atoms with Crippen LogP contribution in [0.4, 0.5) is 16.2 Å². The molecule has 0 saturated carbocycles. The van der Waals surface area contributed by atoms with Crippen molar-refractivity contribution in [1.82, 2.24) is 0 Å². The summed E-state index contributed by atoms with van der Waals surface area (Å²) in [6, 6.07) is 8.72. The summed E-state index contributed by atoms with van der Waals surface area (Å²) >= 11 is 0. The average molecular weight is 416 g/mol. The number of carbonyl (C=O) groups excluding carboxylic acids is 1. The third-order valence-corrected chi connectivity index (χ3v) is 4.96. The van der Waals surface area contributed by atoms with Gasteiger partial charge in [-0.25, -0.2) is 4.79 Å². The summed E-state index contributed by atoms with van der Waals surface area (Å²) in [7, 11) is 0. The highest BCUT2D eigenvalue weighted by atomic mass is 16.7. The lowest BCUT2D eigenvalue weighted by atomic mass is 9.97. The topological polar surface area (TPSA) is 140 Å². The van der Waals surface area contributed by atoms with Crippen LogP contribution >= 0.6 is 0 Å². The first-order valence-electron chi connectivity index (χ1n) is 9.10. The van der Waals surface area contributed by atoms with Gasteiger partial charge in [0.05, 0.1) is 22.6 Å². The summed E-state index contributed by atoms with van der Waals surface area (Å²) in [5.41, 5.74) is 0.0324. The predicted octanol–water partition coefficient (Wildman–Crippen LogP) is 3.90. The first-order valence-corrected chi connectivity index (χ1v) is 9.10. The zero-order valence-corrected chi connectivity index (χ0v) is 15.5. The maximum atomic E-state index is 12.2. The highest BCUT2D eigenvalue weighted by molar-refractivity contribution is 5.68. The van der Waals surface area contributed by atoms with Gasteiger partial charge < -0.3 is 18.9 Å². The third kappa shape index (κ3) is 4.07. The van der Waals surface area contributed by atoms with Gasteiger partial charge in [-0.3, -0.25) is 20.2 Å². The van der Waals surface area contributed by atoms with Gasteiger partial charge in [-0.2, -0.15) is 0 Å². The zero-order valence-electron chi connectivity index (χ0n) is 15.5. The first-order chi connectivity index (χ1) is 14.4. The quantitative estimate of drug-likeness (QED) is 0.307. The van der Waals surface area contributed by atoms with Crippen molar-refractivity contribution in [2.45, 2.75) is 25.2 Å². The molecule has 2 aliphatic heterocycles. The van der Waals surface area contributed by atoms with Crippen LogP contribution in [0.3, 0.4) is 0 Å². The maximum absolute atomic E-state index is 12.2. The molecule has 30 heavy (non-hydrogen) atoms. The SMILES string of the molecule is O=C(Oc1ccc([N+](=O)[O-])cc1)Oc1ccc([N+](=O)[O-])cc1C1CC2CCOC2O1. The fourth-order valence-corrected chi connectivity index (χ4v) is 3.52. The lowest BCUT2D eigenvalue weighted by Crippen LogP contribution is -2.16. The number of rotatable bonds is 5. The molecular formula is C19H16N2O9. The summed E-state index contributed by atoms with van der Waals surface area (Å²) in [5.74, 6) is 0.292. The molecule has 0 aromatic heterocycles. The fourth-order valence-electron chi connectivity index (χ4n) is 3.52. The number of hydrogen-bond acceptors (Lipinski definition) is 9. The number of benzene rings is 2. The second-order valence-corrected chi connectivity index (χ2v) is 6.83. The Labute approximate surface area is 169 Å². The van der Waals surface area contributed by atoms with Gasteiger partial charge in [-0.1, -0.05) is 0 Å². The van der Waals surface area contributed by atoms with Crippen LogP contribution in [0.5, 0.6) is 11.5 Å². The molecule has 0 spiro atoms. The molecule has 4 rings (SSSR count). The minimum Gasteiger partial charge on any atom is -0.395 e. The van der Waals surface area contributed by atoms with Crippen molar-refractivity contribution >= 4 is 17.5 Å². The lowest BCUT2D eigenvalue weighted by Gasteiger charge is -2.16. The van der Waals surface area contributed by atoms with Gasteiger partial charge in [0.2, 0.25) is 0 Å². The van der Waals surface area contributed by atoms with Gasteiger partial charge in [0.25, 0.3) is 11.4 Å². The molecule has 156 valence electrons. The maximum Gasteiger partial charge on any atom is 0.519 e. The third-order valence-electron chi connectivity index (χ3n) is 4.96. The standard InChI is InChI=1S/C19H16N2O9/c22-19(28-14-4-1-12(2-5-14)20(23)24)30-16-6-3-13(21(25)26)10-15(16)17-9-11-7-8-27-18(11)29-17/h1-6,10-11,17-18H,7-9H2. The van der Waals surface area contributed by atoms with E-state index in [9.17, 15) is 25.0 Å². The van der Waals surface area contributed by atoms with Crippen LogP contribution in [0, 0.1) is 26.1 Å². The minimum absolute atomic E-state index is 0.0501. The normalized spacial score (nSPS) is 22.3. The van der Waals surface area contributed by atoms with E-state index in [1.54, 1.807) is 0 Å². The number of non-ortho nitro benzene ring substituents is 2. The Morgan fingerprint density at radius 3 is 2.37 bits per heavy atom. The number of nitrogens with zero attached hydrogens (tertiary/aromatic N) is 2. The molecule has 2 aromatic rings. The van der Waals surface area contributed by atoms with E-state index in [4.69, 9.17) is 18.9 Å². The van der Waals surface area contributed by atoms with E-state index >= 15 is 0 Å². The molecule has 3 unspecified atom stereocenters. The van der Waals surface area contributed by atoms with E-state index in [1.807, 2.05) is 0 Å². The summed E-state index contributed by atoms with van der Waals surface area (Å²) in [4.78, 5) is 32.9. The van der Waals surface area contributed by atoms with Crippen molar-refractivity contribution in [3.05, 3.63) is 68.3 Å². The number of carbonyl (C=O) groups is 1. The molecule has 2 fully saturated rings. The highest BCUT2D eigenvalue weighted by Crippen LogP contribution is 2.45.